The SMILES string of the molecule is O=C(O)c1nc(-c2ccccc2O)n2cccc(O)c12. The number of rotatable bonds is 2. The van der Waals surface area contributed by atoms with Gasteiger partial charge in [0.05, 0.1) is 5.56 Å². The largest absolute Gasteiger partial charge is 0.507 e. The lowest BCUT2D eigenvalue weighted by Crippen LogP contribution is -1.97. The normalized spacial score (nSPS) is 10.8. The topological polar surface area (TPSA) is 95.1 Å². The molecule has 0 saturated heterocycles. The Labute approximate surface area is 113 Å². The minimum Gasteiger partial charge on any atom is -0.507 e. The summed E-state index contributed by atoms with van der Waals surface area (Å²) in [6, 6.07) is 9.43. The van der Waals surface area contributed by atoms with E-state index in [9.17, 15) is 20.1 Å². The van der Waals surface area contributed by atoms with E-state index in [1.165, 1.54) is 16.5 Å². The summed E-state index contributed by atoms with van der Waals surface area (Å²) in [6.45, 7) is 0. The van der Waals surface area contributed by atoms with Crippen LogP contribution in [0.2, 0.25) is 0 Å². The Morgan fingerprint density at radius 1 is 1.05 bits per heavy atom. The second-order valence-electron chi connectivity index (χ2n) is 4.22. The van der Waals surface area contributed by atoms with Crippen LogP contribution in [0.4, 0.5) is 0 Å². The standard InChI is InChI=1S/C14H10N2O4/c17-9-5-2-1-4-8(9)13-15-11(14(19)20)12-10(18)6-3-7-16(12)13/h1-7,17-18H,(H,19,20). The van der Waals surface area contributed by atoms with Crippen molar-refractivity contribution in [2.45, 2.75) is 0 Å². The fraction of sp³-hybridized carbons (Fsp3) is 0. The van der Waals surface area contributed by atoms with Crippen molar-refractivity contribution < 1.29 is 20.1 Å². The maximum atomic E-state index is 11.2. The highest BCUT2D eigenvalue weighted by atomic mass is 16.4. The van der Waals surface area contributed by atoms with Gasteiger partial charge in [-0.3, -0.25) is 4.40 Å². The number of imidazole rings is 1. The molecule has 0 fully saturated rings. The van der Waals surface area contributed by atoms with E-state index in [-0.39, 0.29) is 28.5 Å². The van der Waals surface area contributed by atoms with Gasteiger partial charge in [0.25, 0.3) is 0 Å². The van der Waals surface area contributed by atoms with Gasteiger partial charge in [0.1, 0.15) is 22.8 Å². The molecule has 0 amide bonds. The molecule has 3 rings (SSSR count). The van der Waals surface area contributed by atoms with Crippen LogP contribution < -0.4 is 0 Å². The maximum absolute atomic E-state index is 11.2. The summed E-state index contributed by atoms with van der Waals surface area (Å²) < 4.78 is 1.44. The van der Waals surface area contributed by atoms with Gasteiger partial charge in [0.2, 0.25) is 0 Å². The van der Waals surface area contributed by atoms with Gasteiger partial charge in [0.15, 0.2) is 5.69 Å². The summed E-state index contributed by atoms with van der Waals surface area (Å²) in [4.78, 5) is 15.3. The first-order valence-electron chi connectivity index (χ1n) is 5.81. The Bertz CT molecular complexity index is 823. The molecule has 0 saturated carbocycles. The molecule has 3 N–H and O–H groups in total. The average molecular weight is 270 g/mol. The second-order valence-corrected chi connectivity index (χ2v) is 4.22. The van der Waals surface area contributed by atoms with Gasteiger partial charge in [-0.25, -0.2) is 9.78 Å². The molecular weight excluding hydrogens is 260 g/mol. The molecule has 0 aliphatic carbocycles. The lowest BCUT2D eigenvalue weighted by molar-refractivity contribution is 0.0693. The van der Waals surface area contributed by atoms with E-state index < -0.39 is 5.97 Å². The van der Waals surface area contributed by atoms with Crippen LogP contribution in [-0.2, 0) is 0 Å². The molecule has 3 aromatic rings. The van der Waals surface area contributed by atoms with Crippen molar-refractivity contribution in [3.8, 4) is 22.9 Å². The smallest absolute Gasteiger partial charge is 0.356 e. The second kappa shape index (κ2) is 4.27. The van der Waals surface area contributed by atoms with Crippen LogP contribution >= 0.6 is 0 Å². The Balaban J connectivity index is 2.41. The zero-order valence-corrected chi connectivity index (χ0v) is 10.2. The minimum atomic E-state index is -1.24. The lowest BCUT2D eigenvalue weighted by Gasteiger charge is -2.03. The molecule has 20 heavy (non-hydrogen) atoms. The van der Waals surface area contributed by atoms with Gasteiger partial charge in [-0.1, -0.05) is 12.1 Å². The third-order valence-electron chi connectivity index (χ3n) is 2.99. The molecule has 6 nitrogen and oxygen atoms in total. The highest BCUT2D eigenvalue weighted by molar-refractivity contribution is 5.97. The van der Waals surface area contributed by atoms with Crippen LogP contribution in [-0.4, -0.2) is 30.7 Å². The van der Waals surface area contributed by atoms with Crippen molar-refractivity contribution in [3.05, 3.63) is 48.3 Å². The predicted molar refractivity (Wildman–Crippen MR) is 70.9 cm³/mol. The molecule has 2 heterocycles. The summed E-state index contributed by atoms with van der Waals surface area (Å²) in [5, 5.41) is 28.9. The molecule has 0 atom stereocenters. The first-order valence-corrected chi connectivity index (χ1v) is 5.81. The summed E-state index contributed by atoms with van der Waals surface area (Å²) in [5.74, 6) is -1.18. The summed E-state index contributed by atoms with van der Waals surface area (Å²) in [5.41, 5.74) is 0.222. The Morgan fingerprint density at radius 2 is 1.75 bits per heavy atom. The molecule has 0 aliphatic rings. The van der Waals surface area contributed by atoms with E-state index in [0.29, 0.717) is 5.56 Å². The number of fused-ring (bicyclic) bond motifs is 1. The van der Waals surface area contributed by atoms with E-state index in [2.05, 4.69) is 4.98 Å². The summed E-state index contributed by atoms with van der Waals surface area (Å²) in [6.07, 6.45) is 1.58. The molecule has 0 aliphatic heterocycles. The number of aromatic carboxylic acids is 1. The minimum absolute atomic E-state index is 0.0142. The molecule has 2 aromatic heterocycles. The Morgan fingerprint density at radius 3 is 2.45 bits per heavy atom. The number of nitrogens with zero attached hydrogens (tertiary/aromatic N) is 2. The van der Waals surface area contributed by atoms with Gasteiger partial charge in [0, 0.05) is 6.20 Å². The van der Waals surface area contributed by atoms with Crippen LogP contribution in [0.5, 0.6) is 11.5 Å². The van der Waals surface area contributed by atoms with Crippen LogP contribution in [0.3, 0.4) is 0 Å². The number of para-hydroxylation sites is 1. The fourth-order valence-electron chi connectivity index (χ4n) is 2.12. The van der Waals surface area contributed by atoms with Crippen molar-refractivity contribution in [2.75, 3.05) is 0 Å². The van der Waals surface area contributed by atoms with Crippen LogP contribution in [0, 0.1) is 0 Å². The fourth-order valence-corrected chi connectivity index (χ4v) is 2.12. The molecule has 100 valence electrons. The lowest BCUT2D eigenvalue weighted by atomic mass is 10.2. The Hall–Kier alpha value is -3.02. The number of phenols is 1. The van der Waals surface area contributed by atoms with Crippen molar-refractivity contribution >= 4 is 11.5 Å². The Kier molecular flexibility index (Phi) is 2.57. The van der Waals surface area contributed by atoms with Crippen molar-refractivity contribution in [3.63, 3.8) is 0 Å². The summed E-state index contributed by atoms with van der Waals surface area (Å²) >= 11 is 0. The zero-order valence-electron chi connectivity index (χ0n) is 10.2. The number of carboxylic acid groups (broad SMARTS) is 1. The van der Waals surface area contributed by atoms with Crippen molar-refractivity contribution in [1.82, 2.24) is 9.38 Å². The zero-order chi connectivity index (χ0) is 14.3. The molecule has 0 unspecified atom stereocenters. The van der Waals surface area contributed by atoms with Gasteiger partial charge in [-0.05, 0) is 24.3 Å². The number of carboxylic acids is 1. The third kappa shape index (κ3) is 1.66. The maximum Gasteiger partial charge on any atom is 0.356 e. The first-order chi connectivity index (χ1) is 9.59. The number of carbonyl (C=O) groups is 1. The monoisotopic (exact) mass is 270 g/mol. The number of phenolic OH excluding ortho intramolecular Hbond substituents is 1. The number of aromatic hydroxyl groups is 2. The number of aromatic nitrogens is 2. The number of hydrogen-bond donors (Lipinski definition) is 3. The van der Waals surface area contributed by atoms with Gasteiger partial charge in [-0.15, -0.1) is 0 Å². The van der Waals surface area contributed by atoms with E-state index in [1.54, 1.807) is 30.5 Å². The van der Waals surface area contributed by atoms with E-state index in [1.807, 2.05) is 0 Å². The van der Waals surface area contributed by atoms with Crippen molar-refractivity contribution in [2.24, 2.45) is 0 Å². The first kappa shape index (κ1) is 12.0. The number of benzene rings is 1. The highest BCUT2D eigenvalue weighted by Gasteiger charge is 2.21. The van der Waals surface area contributed by atoms with E-state index in [0.717, 1.165) is 0 Å². The van der Waals surface area contributed by atoms with Gasteiger partial charge < -0.3 is 15.3 Å². The van der Waals surface area contributed by atoms with E-state index >= 15 is 0 Å². The van der Waals surface area contributed by atoms with Crippen LogP contribution in [0.1, 0.15) is 10.5 Å². The van der Waals surface area contributed by atoms with Gasteiger partial charge >= 0.3 is 5.97 Å². The third-order valence-corrected chi connectivity index (χ3v) is 2.99. The predicted octanol–water partition coefficient (Wildman–Crippen LogP) is 2.11. The molecule has 0 bridgehead atoms. The van der Waals surface area contributed by atoms with Crippen LogP contribution in [0.15, 0.2) is 42.6 Å². The molecule has 0 spiro atoms. The average Bonchev–Trinajstić information content (AvgIpc) is 2.80. The van der Waals surface area contributed by atoms with Crippen LogP contribution in [0.25, 0.3) is 16.9 Å². The van der Waals surface area contributed by atoms with E-state index in [4.69, 9.17) is 0 Å². The summed E-state index contributed by atoms with van der Waals surface area (Å²) in [7, 11) is 0. The van der Waals surface area contributed by atoms with Gasteiger partial charge in [-0.2, -0.15) is 0 Å². The van der Waals surface area contributed by atoms with Crippen molar-refractivity contribution in [1.29, 1.82) is 0 Å². The highest BCUT2D eigenvalue weighted by Crippen LogP contribution is 2.32. The molecule has 1 aromatic carbocycles. The quantitative estimate of drug-likeness (QED) is 0.663. The molecule has 6 heteroatoms. The molecular formula is C14H10N2O4. The number of hydrogen-bond acceptors (Lipinski definition) is 4. The number of pyridine rings is 1. The molecule has 0 radical (unpaired) electrons.